The number of benzene rings is 2. The lowest BCUT2D eigenvalue weighted by Crippen LogP contribution is -2.49. The predicted molar refractivity (Wildman–Crippen MR) is 113 cm³/mol. The van der Waals surface area contributed by atoms with Crippen molar-refractivity contribution in [2.45, 2.75) is 13.0 Å². The number of hydrogen-bond acceptors (Lipinski definition) is 3. The van der Waals surface area contributed by atoms with Crippen molar-refractivity contribution in [1.29, 1.82) is 0 Å². The lowest BCUT2D eigenvalue weighted by molar-refractivity contribution is 0.103. The van der Waals surface area contributed by atoms with Gasteiger partial charge in [-0.25, -0.2) is 9.18 Å². The summed E-state index contributed by atoms with van der Waals surface area (Å²) in [6.07, 6.45) is 0.784. The van der Waals surface area contributed by atoms with Crippen molar-refractivity contribution in [3.05, 3.63) is 82.3 Å². The molecule has 29 heavy (non-hydrogen) atoms. The summed E-state index contributed by atoms with van der Waals surface area (Å²) in [6, 6.07) is 17.2. The SMILES string of the molecule is O=C(Nc1cccc(N2CCCN(Cc3ccccc3F)C2=O)c1)c1cccs1. The number of carbonyl (C=O) groups is 2. The molecule has 7 heteroatoms. The second kappa shape index (κ2) is 8.45. The Morgan fingerprint density at radius 1 is 1.07 bits per heavy atom. The standard InChI is InChI=1S/C22H20FN3O2S/c23-19-9-2-1-6-16(19)15-25-11-5-12-26(22(25)28)18-8-3-7-17(14-18)24-21(27)20-10-4-13-29-20/h1-4,6-10,13-14H,5,11-12,15H2,(H,24,27). The first kappa shape index (κ1) is 19.1. The number of rotatable bonds is 5. The highest BCUT2D eigenvalue weighted by Crippen LogP contribution is 2.25. The summed E-state index contributed by atoms with van der Waals surface area (Å²) in [5.41, 5.74) is 1.83. The number of nitrogens with one attached hydrogen (secondary N) is 1. The maximum absolute atomic E-state index is 14.0. The Bertz CT molecular complexity index is 1020. The van der Waals surface area contributed by atoms with E-state index in [-0.39, 0.29) is 24.3 Å². The number of thiophene rings is 1. The summed E-state index contributed by atoms with van der Waals surface area (Å²) >= 11 is 1.37. The predicted octanol–water partition coefficient (Wildman–Crippen LogP) is 4.97. The molecule has 1 aromatic heterocycles. The molecule has 0 atom stereocenters. The zero-order chi connectivity index (χ0) is 20.2. The van der Waals surface area contributed by atoms with E-state index in [9.17, 15) is 14.0 Å². The van der Waals surface area contributed by atoms with Crippen LogP contribution in [0.1, 0.15) is 21.7 Å². The van der Waals surface area contributed by atoms with E-state index in [0.29, 0.717) is 34.9 Å². The zero-order valence-electron chi connectivity index (χ0n) is 15.7. The number of hydrogen-bond donors (Lipinski definition) is 1. The molecule has 2 heterocycles. The zero-order valence-corrected chi connectivity index (χ0v) is 16.5. The molecule has 0 unspecified atom stereocenters. The van der Waals surface area contributed by atoms with Gasteiger partial charge in [0.25, 0.3) is 5.91 Å². The third kappa shape index (κ3) is 4.30. The molecule has 1 saturated heterocycles. The Labute approximate surface area is 172 Å². The fourth-order valence-electron chi connectivity index (χ4n) is 3.35. The molecule has 0 saturated carbocycles. The Morgan fingerprint density at radius 2 is 1.93 bits per heavy atom. The van der Waals surface area contributed by atoms with Crippen molar-refractivity contribution in [2.75, 3.05) is 23.3 Å². The molecule has 1 fully saturated rings. The average molecular weight is 409 g/mol. The molecule has 2 aromatic carbocycles. The summed E-state index contributed by atoms with van der Waals surface area (Å²) in [7, 11) is 0. The molecule has 1 aliphatic heterocycles. The Morgan fingerprint density at radius 3 is 2.72 bits per heavy atom. The number of nitrogens with zero attached hydrogens (tertiary/aromatic N) is 2. The average Bonchev–Trinajstić information content (AvgIpc) is 3.26. The summed E-state index contributed by atoms with van der Waals surface area (Å²) < 4.78 is 14.0. The van der Waals surface area contributed by atoms with Gasteiger partial charge in [-0.2, -0.15) is 0 Å². The van der Waals surface area contributed by atoms with Gasteiger partial charge in [-0.05, 0) is 42.1 Å². The monoisotopic (exact) mass is 409 g/mol. The molecule has 0 radical (unpaired) electrons. The highest BCUT2D eigenvalue weighted by atomic mass is 32.1. The van der Waals surface area contributed by atoms with Crippen LogP contribution in [0.15, 0.2) is 66.0 Å². The fraction of sp³-hybridized carbons (Fsp3) is 0.182. The van der Waals surface area contributed by atoms with E-state index in [2.05, 4.69) is 5.32 Å². The van der Waals surface area contributed by atoms with Crippen LogP contribution in [0.25, 0.3) is 0 Å². The van der Waals surface area contributed by atoms with E-state index in [1.54, 1.807) is 46.2 Å². The molecular formula is C22H20FN3O2S. The van der Waals surface area contributed by atoms with Crippen molar-refractivity contribution in [3.63, 3.8) is 0 Å². The fourth-order valence-corrected chi connectivity index (χ4v) is 3.97. The first-order valence-electron chi connectivity index (χ1n) is 9.36. The molecule has 5 nitrogen and oxygen atoms in total. The second-order valence-electron chi connectivity index (χ2n) is 6.78. The van der Waals surface area contributed by atoms with E-state index in [0.717, 1.165) is 6.42 Å². The Kier molecular flexibility index (Phi) is 5.57. The maximum Gasteiger partial charge on any atom is 0.324 e. The maximum atomic E-state index is 14.0. The molecule has 0 aliphatic carbocycles. The van der Waals surface area contributed by atoms with Crippen LogP contribution < -0.4 is 10.2 Å². The number of amides is 3. The second-order valence-corrected chi connectivity index (χ2v) is 7.73. The quantitative estimate of drug-likeness (QED) is 0.647. The molecule has 4 rings (SSSR count). The van der Waals surface area contributed by atoms with E-state index in [1.165, 1.54) is 17.4 Å². The normalized spacial score (nSPS) is 14.2. The van der Waals surface area contributed by atoms with Crippen LogP contribution in [0.2, 0.25) is 0 Å². The summed E-state index contributed by atoms with van der Waals surface area (Å²) in [5, 5.41) is 4.72. The molecule has 3 amide bonds. The Balaban J connectivity index is 1.49. The van der Waals surface area contributed by atoms with Crippen molar-refractivity contribution >= 4 is 34.6 Å². The highest BCUT2D eigenvalue weighted by Gasteiger charge is 2.27. The number of anilines is 2. The van der Waals surface area contributed by atoms with Crippen LogP contribution in [-0.2, 0) is 6.54 Å². The minimum Gasteiger partial charge on any atom is -0.321 e. The molecular weight excluding hydrogens is 389 g/mol. The summed E-state index contributed by atoms with van der Waals surface area (Å²) in [4.78, 5) is 29.2. The number of halogens is 1. The first-order valence-corrected chi connectivity index (χ1v) is 10.2. The number of carbonyl (C=O) groups excluding carboxylic acids is 2. The van der Waals surface area contributed by atoms with Gasteiger partial charge < -0.3 is 10.2 Å². The van der Waals surface area contributed by atoms with Crippen molar-refractivity contribution < 1.29 is 14.0 Å². The Hall–Kier alpha value is -3.19. The highest BCUT2D eigenvalue weighted by molar-refractivity contribution is 7.12. The molecule has 1 N–H and O–H groups in total. The van der Waals surface area contributed by atoms with Crippen molar-refractivity contribution in [3.8, 4) is 0 Å². The van der Waals surface area contributed by atoms with Crippen molar-refractivity contribution in [2.24, 2.45) is 0 Å². The van der Waals surface area contributed by atoms with Gasteiger partial charge in [0.2, 0.25) is 0 Å². The van der Waals surface area contributed by atoms with Gasteiger partial charge in [0.15, 0.2) is 0 Å². The molecule has 0 bridgehead atoms. The van der Waals surface area contributed by atoms with Gasteiger partial charge in [0.05, 0.1) is 11.4 Å². The topological polar surface area (TPSA) is 52.7 Å². The molecule has 148 valence electrons. The van der Waals surface area contributed by atoms with Crippen LogP contribution >= 0.6 is 11.3 Å². The van der Waals surface area contributed by atoms with Gasteiger partial charge in [0, 0.05) is 30.0 Å². The van der Waals surface area contributed by atoms with Gasteiger partial charge in [-0.1, -0.05) is 30.3 Å². The lowest BCUT2D eigenvalue weighted by atomic mass is 10.1. The van der Waals surface area contributed by atoms with Gasteiger partial charge >= 0.3 is 6.03 Å². The van der Waals surface area contributed by atoms with Crippen LogP contribution in [0.5, 0.6) is 0 Å². The van der Waals surface area contributed by atoms with Crippen LogP contribution in [0, 0.1) is 5.82 Å². The lowest BCUT2D eigenvalue weighted by Gasteiger charge is -2.36. The minimum atomic E-state index is -0.310. The van der Waals surface area contributed by atoms with E-state index in [4.69, 9.17) is 0 Å². The van der Waals surface area contributed by atoms with Crippen LogP contribution in [0.3, 0.4) is 0 Å². The van der Waals surface area contributed by atoms with E-state index < -0.39 is 0 Å². The summed E-state index contributed by atoms with van der Waals surface area (Å²) in [5.74, 6) is -0.487. The largest absolute Gasteiger partial charge is 0.324 e. The third-order valence-electron chi connectivity index (χ3n) is 4.79. The number of urea groups is 1. The third-order valence-corrected chi connectivity index (χ3v) is 5.66. The molecule has 3 aromatic rings. The smallest absolute Gasteiger partial charge is 0.321 e. The molecule has 1 aliphatic rings. The van der Waals surface area contributed by atoms with Crippen molar-refractivity contribution in [1.82, 2.24) is 4.90 Å². The van der Waals surface area contributed by atoms with Gasteiger partial charge in [0.1, 0.15) is 5.82 Å². The summed E-state index contributed by atoms with van der Waals surface area (Å²) in [6.45, 7) is 1.39. The van der Waals surface area contributed by atoms with Gasteiger partial charge in [-0.3, -0.25) is 9.69 Å². The van der Waals surface area contributed by atoms with Crippen LogP contribution in [-0.4, -0.2) is 29.9 Å². The van der Waals surface area contributed by atoms with E-state index in [1.807, 2.05) is 23.6 Å². The van der Waals surface area contributed by atoms with E-state index >= 15 is 0 Å². The first-order chi connectivity index (χ1) is 14.1. The van der Waals surface area contributed by atoms with Gasteiger partial charge in [-0.15, -0.1) is 11.3 Å². The van der Waals surface area contributed by atoms with Crippen LogP contribution in [0.4, 0.5) is 20.6 Å². The molecule has 0 spiro atoms. The minimum absolute atomic E-state index is 0.166.